The van der Waals surface area contributed by atoms with Gasteiger partial charge in [0.2, 0.25) is 5.88 Å². The second-order valence-corrected chi connectivity index (χ2v) is 8.13. The fourth-order valence-electron chi connectivity index (χ4n) is 4.17. The molecule has 1 saturated heterocycles. The van der Waals surface area contributed by atoms with Crippen LogP contribution in [0.4, 0.5) is 5.82 Å². The van der Waals surface area contributed by atoms with Gasteiger partial charge in [0.25, 0.3) is 5.91 Å². The van der Waals surface area contributed by atoms with Gasteiger partial charge in [-0.05, 0) is 62.6 Å². The molecule has 0 spiro atoms. The van der Waals surface area contributed by atoms with Crippen LogP contribution >= 0.6 is 0 Å². The number of hydrogen-bond donors (Lipinski definition) is 2. The Kier molecular flexibility index (Phi) is 5.31. The van der Waals surface area contributed by atoms with Crippen LogP contribution in [0.2, 0.25) is 0 Å². The van der Waals surface area contributed by atoms with Gasteiger partial charge in [0.1, 0.15) is 5.82 Å². The minimum absolute atomic E-state index is 0.0155. The molecule has 1 fully saturated rings. The quantitative estimate of drug-likeness (QED) is 0.678. The molecular weight excluding hydrogens is 394 g/mol. The number of rotatable bonds is 3. The molecule has 1 amide bonds. The summed E-state index contributed by atoms with van der Waals surface area (Å²) < 4.78 is 1.40. The van der Waals surface area contributed by atoms with E-state index in [1.807, 2.05) is 24.9 Å². The van der Waals surface area contributed by atoms with Crippen LogP contribution in [-0.4, -0.2) is 56.6 Å². The maximum absolute atomic E-state index is 13.1. The van der Waals surface area contributed by atoms with Gasteiger partial charge in [0, 0.05) is 37.9 Å². The highest BCUT2D eigenvalue weighted by Crippen LogP contribution is 2.22. The summed E-state index contributed by atoms with van der Waals surface area (Å²) in [4.78, 5) is 36.3. The molecule has 31 heavy (non-hydrogen) atoms. The van der Waals surface area contributed by atoms with Crippen LogP contribution in [0.1, 0.15) is 32.7 Å². The molecule has 2 N–H and O–H groups in total. The molecule has 1 aliphatic heterocycles. The third kappa shape index (κ3) is 3.81. The zero-order valence-electron chi connectivity index (χ0n) is 18.3. The van der Waals surface area contributed by atoms with Crippen molar-refractivity contribution in [2.24, 2.45) is 0 Å². The minimum Gasteiger partial charge on any atom is -0.493 e. The Bertz CT molecular complexity index is 1200. The Hall–Kier alpha value is -3.55. The highest BCUT2D eigenvalue weighted by Gasteiger charge is 2.25. The number of hydrogen-bond acceptors (Lipinski definition) is 5. The molecule has 0 atom stereocenters. The number of benzene rings is 1. The maximum atomic E-state index is 13.1. The molecule has 1 aromatic carbocycles. The number of piperazine rings is 1. The second-order valence-electron chi connectivity index (χ2n) is 8.13. The van der Waals surface area contributed by atoms with E-state index in [2.05, 4.69) is 27.9 Å². The molecule has 0 aliphatic carbocycles. The van der Waals surface area contributed by atoms with E-state index in [1.54, 1.807) is 25.1 Å². The Labute approximate surface area is 180 Å². The zero-order valence-corrected chi connectivity index (χ0v) is 18.3. The zero-order chi connectivity index (χ0) is 22.3. The first-order valence-electron chi connectivity index (χ1n) is 10.4. The van der Waals surface area contributed by atoms with Crippen molar-refractivity contribution in [2.75, 3.05) is 31.1 Å². The van der Waals surface area contributed by atoms with Crippen LogP contribution in [0.5, 0.6) is 5.88 Å². The number of anilines is 1. The van der Waals surface area contributed by atoms with Gasteiger partial charge in [-0.25, -0.2) is 9.78 Å². The lowest BCUT2D eigenvalue weighted by Gasteiger charge is -2.36. The van der Waals surface area contributed by atoms with E-state index in [-0.39, 0.29) is 11.8 Å². The Morgan fingerprint density at radius 1 is 1.03 bits per heavy atom. The Balaban J connectivity index is 1.50. The molecular formula is C23H27N5O3. The molecule has 1 aliphatic rings. The van der Waals surface area contributed by atoms with Gasteiger partial charge in [-0.15, -0.1) is 0 Å². The standard InChI is InChI=1S/C23H27N5O3/c1-14-11-16(3)20(24-13-14)26-7-9-27(10-8-26)22(30)19-6-5-18(12-15(19)2)28-17(4)21(29)25-23(28)31/h5-6,11-13,29H,7-10H2,1-4H3,(H,25,31). The topological polar surface area (TPSA) is 94.5 Å². The van der Waals surface area contributed by atoms with Crippen molar-refractivity contribution < 1.29 is 9.90 Å². The van der Waals surface area contributed by atoms with Crippen molar-refractivity contribution in [3.05, 3.63) is 68.9 Å². The molecule has 4 rings (SSSR count). The molecule has 162 valence electrons. The number of aromatic amines is 1. The number of nitrogens with zero attached hydrogens (tertiary/aromatic N) is 4. The second kappa shape index (κ2) is 7.94. The van der Waals surface area contributed by atoms with Crippen molar-refractivity contribution in [3.8, 4) is 11.6 Å². The van der Waals surface area contributed by atoms with Gasteiger partial charge in [-0.2, -0.15) is 0 Å². The maximum Gasteiger partial charge on any atom is 0.333 e. The number of pyridine rings is 1. The van der Waals surface area contributed by atoms with Crippen LogP contribution < -0.4 is 10.6 Å². The third-order valence-electron chi connectivity index (χ3n) is 5.86. The van der Waals surface area contributed by atoms with Crippen LogP contribution in [0.25, 0.3) is 5.69 Å². The van der Waals surface area contributed by atoms with Crippen LogP contribution in [0.15, 0.2) is 35.3 Å². The summed E-state index contributed by atoms with van der Waals surface area (Å²) in [7, 11) is 0. The Morgan fingerprint density at radius 2 is 1.74 bits per heavy atom. The normalized spacial score (nSPS) is 14.2. The number of carbonyl (C=O) groups excluding carboxylic acids is 1. The molecule has 0 bridgehead atoms. The lowest BCUT2D eigenvalue weighted by Crippen LogP contribution is -2.49. The summed E-state index contributed by atoms with van der Waals surface area (Å²) in [6, 6.07) is 7.41. The van der Waals surface area contributed by atoms with E-state index in [0.29, 0.717) is 30.0 Å². The number of aromatic nitrogens is 3. The van der Waals surface area contributed by atoms with Crippen LogP contribution in [0.3, 0.4) is 0 Å². The molecule has 0 radical (unpaired) electrons. The van der Waals surface area contributed by atoms with Gasteiger partial charge in [-0.1, -0.05) is 6.07 Å². The Morgan fingerprint density at radius 3 is 2.32 bits per heavy atom. The fraction of sp³-hybridized carbons (Fsp3) is 0.348. The van der Waals surface area contributed by atoms with Gasteiger partial charge in [-0.3, -0.25) is 14.3 Å². The molecule has 2 aromatic heterocycles. The van der Waals surface area contributed by atoms with E-state index < -0.39 is 5.69 Å². The monoisotopic (exact) mass is 421 g/mol. The number of nitrogens with one attached hydrogen (secondary N) is 1. The SMILES string of the molecule is Cc1cnc(N2CCN(C(=O)c3ccc(-n4c(C)c(O)[nH]c4=O)cc3C)CC2)c(C)c1. The predicted octanol–water partition coefficient (Wildman–Crippen LogP) is 2.46. The number of aryl methyl sites for hydroxylation is 3. The van der Waals surface area contributed by atoms with Crippen molar-refractivity contribution in [3.63, 3.8) is 0 Å². The molecule has 3 heterocycles. The highest BCUT2D eigenvalue weighted by molar-refractivity contribution is 5.96. The van der Waals surface area contributed by atoms with Crippen molar-refractivity contribution in [1.29, 1.82) is 0 Å². The summed E-state index contributed by atoms with van der Waals surface area (Å²) in [6.07, 6.45) is 1.88. The fourth-order valence-corrected chi connectivity index (χ4v) is 4.17. The lowest BCUT2D eigenvalue weighted by molar-refractivity contribution is 0.0746. The predicted molar refractivity (Wildman–Crippen MR) is 119 cm³/mol. The van der Waals surface area contributed by atoms with E-state index in [0.717, 1.165) is 35.6 Å². The molecule has 0 saturated carbocycles. The van der Waals surface area contributed by atoms with Crippen molar-refractivity contribution in [1.82, 2.24) is 19.4 Å². The lowest BCUT2D eigenvalue weighted by atomic mass is 10.1. The van der Waals surface area contributed by atoms with E-state index >= 15 is 0 Å². The van der Waals surface area contributed by atoms with Crippen LogP contribution in [0, 0.1) is 27.7 Å². The number of imidazole rings is 1. The molecule has 8 nitrogen and oxygen atoms in total. The first-order chi connectivity index (χ1) is 14.8. The molecule has 0 unspecified atom stereocenters. The average molecular weight is 422 g/mol. The summed E-state index contributed by atoms with van der Waals surface area (Å²) >= 11 is 0. The average Bonchev–Trinajstić information content (AvgIpc) is 2.99. The van der Waals surface area contributed by atoms with E-state index in [1.165, 1.54) is 4.57 Å². The van der Waals surface area contributed by atoms with Crippen LogP contribution in [-0.2, 0) is 0 Å². The summed E-state index contributed by atoms with van der Waals surface area (Å²) in [5.74, 6) is 0.811. The van der Waals surface area contributed by atoms with Gasteiger partial charge >= 0.3 is 5.69 Å². The first-order valence-corrected chi connectivity index (χ1v) is 10.4. The third-order valence-corrected chi connectivity index (χ3v) is 5.86. The van der Waals surface area contributed by atoms with Crippen molar-refractivity contribution >= 4 is 11.7 Å². The van der Waals surface area contributed by atoms with E-state index in [9.17, 15) is 14.7 Å². The smallest absolute Gasteiger partial charge is 0.333 e. The number of H-pyrrole nitrogens is 1. The number of carbonyl (C=O) groups is 1. The largest absolute Gasteiger partial charge is 0.493 e. The minimum atomic E-state index is -0.412. The van der Waals surface area contributed by atoms with Gasteiger partial charge < -0.3 is 14.9 Å². The van der Waals surface area contributed by atoms with Gasteiger partial charge in [0.15, 0.2) is 0 Å². The van der Waals surface area contributed by atoms with Gasteiger partial charge in [0.05, 0.1) is 11.4 Å². The number of aromatic hydroxyl groups is 1. The highest BCUT2D eigenvalue weighted by atomic mass is 16.3. The summed E-state index contributed by atoms with van der Waals surface area (Å²) in [5, 5.41) is 9.75. The summed E-state index contributed by atoms with van der Waals surface area (Å²) in [5.41, 5.74) is 4.32. The van der Waals surface area contributed by atoms with E-state index in [4.69, 9.17) is 0 Å². The van der Waals surface area contributed by atoms with Crippen molar-refractivity contribution in [2.45, 2.75) is 27.7 Å². The number of amides is 1. The molecule has 8 heteroatoms. The first kappa shape index (κ1) is 20.7. The summed E-state index contributed by atoms with van der Waals surface area (Å²) in [6.45, 7) is 10.3. The molecule has 3 aromatic rings.